The number of carbonyl (C=O) groups excluding carboxylic acids is 2. The second-order valence-electron chi connectivity index (χ2n) is 5.70. The normalized spacial score (nSPS) is 11.2. The van der Waals surface area contributed by atoms with E-state index in [0.717, 1.165) is 36.2 Å². The number of hydrogen-bond donors (Lipinski definition) is 2. The van der Waals surface area contributed by atoms with Gasteiger partial charge in [0.05, 0.1) is 10.6 Å². The van der Waals surface area contributed by atoms with Crippen molar-refractivity contribution in [2.24, 2.45) is 5.10 Å². The summed E-state index contributed by atoms with van der Waals surface area (Å²) in [6.45, 7) is 3.94. The summed E-state index contributed by atoms with van der Waals surface area (Å²) in [5, 5.41) is 8.86. The maximum absolute atomic E-state index is 12.0. The Kier molecular flexibility index (Phi) is 7.35. The van der Waals surface area contributed by atoms with Crippen LogP contribution >= 0.6 is 11.3 Å². The number of amides is 2. The number of nitrogens with one attached hydrogen (secondary N) is 2. The van der Waals surface area contributed by atoms with Crippen LogP contribution in [0.3, 0.4) is 0 Å². The van der Waals surface area contributed by atoms with Crippen molar-refractivity contribution in [3.63, 3.8) is 0 Å². The third-order valence-electron chi connectivity index (χ3n) is 3.66. The van der Waals surface area contributed by atoms with Crippen LogP contribution in [0.4, 0.5) is 5.69 Å². The lowest BCUT2D eigenvalue weighted by Gasteiger charge is -2.06. The predicted octanol–water partition coefficient (Wildman–Crippen LogP) is 4.42. The fourth-order valence-electron chi connectivity index (χ4n) is 2.20. The number of thiophene rings is 1. The molecule has 5 nitrogen and oxygen atoms in total. The van der Waals surface area contributed by atoms with E-state index in [-0.39, 0.29) is 11.8 Å². The lowest BCUT2D eigenvalue weighted by atomic mass is 10.1. The van der Waals surface area contributed by atoms with Gasteiger partial charge in [0.25, 0.3) is 5.91 Å². The van der Waals surface area contributed by atoms with E-state index >= 15 is 0 Å². The van der Waals surface area contributed by atoms with Crippen molar-refractivity contribution in [3.8, 4) is 0 Å². The minimum Gasteiger partial charge on any atom is -0.321 e. The van der Waals surface area contributed by atoms with Crippen LogP contribution in [0.5, 0.6) is 0 Å². The standard InChI is InChI=1S/C19H23N3O2S/c1-3-4-5-8-18(23)22-21-14(2)15-9-11-16(12-10-15)20-19(24)17-7-6-13-25-17/h6-7,9-13H,3-5,8H2,1-2H3,(H,20,24)(H,22,23). The van der Waals surface area contributed by atoms with Gasteiger partial charge in [-0.2, -0.15) is 5.10 Å². The maximum Gasteiger partial charge on any atom is 0.265 e. The molecule has 0 aliphatic heterocycles. The van der Waals surface area contributed by atoms with Crippen molar-refractivity contribution >= 4 is 34.6 Å². The highest BCUT2D eigenvalue weighted by Gasteiger charge is 2.07. The molecular formula is C19H23N3O2S. The van der Waals surface area contributed by atoms with Gasteiger partial charge in [-0.3, -0.25) is 9.59 Å². The summed E-state index contributed by atoms with van der Waals surface area (Å²) >= 11 is 1.40. The molecule has 2 aromatic rings. The van der Waals surface area contributed by atoms with Crippen LogP contribution in [0.2, 0.25) is 0 Å². The Hall–Kier alpha value is -2.47. The van der Waals surface area contributed by atoms with E-state index in [2.05, 4.69) is 22.8 Å². The van der Waals surface area contributed by atoms with E-state index in [0.29, 0.717) is 11.3 Å². The molecule has 2 rings (SSSR count). The number of unbranched alkanes of at least 4 members (excludes halogenated alkanes) is 2. The van der Waals surface area contributed by atoms with E-state index in [1.54, 1.807) is 6.07 Å². The Balaban J connectivity index is 1.89. The van der Waals surface area contributed by atoms with Crippen molar-refractivity contribution < 1.29 is 9.59 Å². The zero-order valence-electron chi connectivity index (χ0n) is 14.5. The summed E-state index contributed by atoms with van der Waals surface area (Å²) < 4.78 is 0. The second kappa shape index (κ2) is 9.74. The lowest BCUT2D eigenvalue weighted by molar-refractivity contribution is -0.121. The van der Waals surface area contributed by atoms with Gasteiger partial charge in [-0.15, -0.1) is 11.3 Å². The predicted molar refractivity (Wildman–Crippen MR) is 103 cm³/mol. The van der Waals surface area contributed by atoms with E-state index in [1.165, 1.54) is 11.3 Å². The molecule has 0 radical (unpaired) electrons. The second-order valence-corrected chi connectivity index (χ2v) is 6.65. The summed E-state index contributed by atoms with van der Waals surface area (Å²) in [5.41, 5.74) is 4.92. The van der Waals surface area contributed by atoms with Gasteiger partial charge in [0.15, 0.2) is 0 Å². The largest absolute Gasteiger partial charge is 0.321 e. The number of anilines is 1. The topological polar surface area (TPSA) is 70.6 Å². The molecule has 0 aliphatic rings. The lowest BCUT2D eigenvalue weighted by Crippen LogP contribution is -2.18. The van der Waals surface area contributed by atoms with Gasteiger partial charge in [0.1, 0.15) is 0 Å². The molecule has 2 amide bonds. The molecule has 0 atom stereocenters. The van der Waals surface area contributed by atoms with Crippen LogP contribution in [0.1, 0.15) is 54.8 Å². The first-order valence-corrected chi connectivity index (χ1v) is 9.26. The number of rotatable bonds is 8. The molecule has 0 spiro atoms. The Morgan fingerprint density at radius 3 is 2.52 bits per heavy atom. The summed E-state index contributed by atoms with van der Waals surface area (Å²) in [6, 6.07) is 11.0. The van der Waals surface area contributed by atoms with Crippen molar-refractivity contribution in [1.29, 1.82) is 0 Å². The molecule has 0 saturated heterocycles. The van der Waals surface area contributed by atoms with E-state index in [9.17, 15) is 9.59 Å². The maximum atomic E-state index is 12.0. The van der Waals surface area contributed by atoms with Gasteiger partial charge < -0.3 is 5.32 Å². The van der Waals surface area contributed by atoms with Crippen molar-refractivity contribution in [2.75, 3.05) is 5.32 Å². The highest BCUT2D eigenvalue weighted by atomic mass is 32.1. The summed E-state index contributed by atoms with van der Waals surface area (Å²) in [6.07, 6.45) is 3.52. The minimum atomic E-state index is -0.118. The van der Waals surface area contributed by atoms with Crippen LogP contribution in [-0.4, -0.2) is 17.5 Å². The molecule has 25 heavy (non-hydrogen) atoms. The van der Waals surface area contributed by atoms with Crippen LogP contribution in [-0.2, 0) is 4.79 Å². The molecule has 0 aliphatic carbocycles. The molecule has 1 aromatic carbocycles. The molecular weight excluding hydrogens is 334 g/mol. The zero-order chi connectivity index (χ0) is 18.1. The van der Waals surface area contributed by atoms with Gasteiger partial charge >= 0.3 is 0 Å². The number of benzene rings is 1. The van der Waals surface area contributed by atoms with Crippen molar-refractivity contribution in [1.82, 2.24) is 5.43 Å². The van der Waals surface area contributed by atoms with E-state index in [4.69, 9.17) is 0 Å². The minimum absolute atomic E-state index is 0.0624. The first kappa shape index (κ1) is 18.9. The van der Waals surface area contributed by atoms with Crippen LogP contribution in [0.15, 0.2) is 46.9 Å². The SMILES string of the molecule is CCCCCC(=O)NN=C(C)c1ccc(NC(=O)c2cccs2)cc1. The molecule has 0 fully saturated rings. The van der Waals surface area contributed by atoms with Crippen LogP contribution < -0.4 is 10.7 Å². The summed E-state index contributed by atoms with van der Waals surface area (Å²) in [7, 11) is 0. The Morgan fingerprint density at radius 2 is 1.88 bits per heavy atom. The van der Waals surface area contributed by atoms with E-state index < -0.39 is 0 Å². The molecule has 0 saturated carbocycles. The fourth-order valence-corrected chi connectivity index (χ4v) is 2.82. The Labute approximate surface area is 152 Å². The summed E-state index contributed by atoms with van der Waals surface area (Å²) in [4.78, 5) is 24.4. The molecule has 132 valence electrons. The zero-order valence-corrected chi connectivity index (χ0v) is 15.4. The van der Waals surface area contributed by atoms with Gasteiger partial charge in [-0.25, -0.2) is 5.43 Å². The van der Waals surface area contributed by atoms with Gasteiger partial charge in [0.2, 0.25) is 5.91 Å². The van der Waals surface area contributed by atoms with Gasteiger partial charge in [-0.1, -0.05) is 38.0 Å². The monoisotopic (exact) mass is 357 g/mol. The van der Waals surface area contributed by atoms with Crippen LogP contribution in [0.25, 0.3) is 0 Å². The van der Waals surface area contributed by atoms with Crippen LogP contribution in [0, 0.1) is 0 Å². The van der Waals surface area contributed by atoms with Gasteiger partial charge in [0, 0.05) is 12.1 Å². The average Bonchev–Trinajstić information content (AvgIpc) is 3.15. The average molecular weight is 357 g/mol. The third-order valence-corrected chi connectivity index (χ3v) is 4.53. The molecule has 6 heteroatoms. The molecule has 1 aromatic heterocycles. The number of hydrazone groups is 1. The first-order valence-electron chi connectivity index (χ1n) is 8.38. The van der Waals surface area contributed by atoms with Crippen molar-refractivity contribution in [2.45, 2.75) is 39.5 Å². The number of carbonyl (C=O) groups is 2. The summed E-state index contributed by atoms with van der Waals surface area (Å²) in [5.74, 6) is -0.180. The first-order chi connectivity index (χ1) is 12.1. The number of nitrogens with zero attached hydrogens (tertiary/aromatic N) is 1. The molecule has 0 bridgehead atoms. The quantitative estimate of drug-likeness (QED) is 0.417. The molecule has 1 heterocycles. The smallest absolute Gasteiger partial charge is 0.265 e. The third kappa shape index (κ3) is 6.15. The van der Waals surface area contributed by atoms with E-state index in [1.807, 2.05) is 42.6 Å². The molecule has 2 N–H and O–H groups in total. The highest BCUT2D eigenvalue weighted by Crippen LogP contribution is 2.14. The van der Waals surface area contributed by atoms with Gasteiger partial charge in [-0.05, 0) is 42.5 Å². The van der Waals surface area contributed by atoms with Crippen molar-refractivity contribution in [3.05, 3.63) is 52.2 Å². The fraction of sp³-hybridized carbons (Fsp3) is 0.316. The Bertz CT molecular complexity index is 722. The number of hydrogen-bond acceptors (Lipinski definition) is 4. The molecule has 0 unspecified atom stereocenters. The Morgan fingerprint density at radius 1 is 1.12 bits per heavy atom. The highest BCUT2D eigenvalue weighted by molar-refractivity contribution is 7.12.